The summed E-state index contributed by atoms with van der Waals surface area (Å²) < 4.78 is 0. The fourth-order valence-electron chi connectivity index (χ4n) is 1.79. The van der Waals surface area contributed by atoms with E-state index < -0.39 is 0 Å². The molecule has 6 heteroatoms. The van der Waals surface area contributed by atoms with Crippen molar-refractivity contribution in [2.45, 2.75) is 0 Å². The topological polar surface area (TPSA) is 67.8 Å². The van der Waals surface area contributed by atoms with Crippen LogP contribution in [-0.4, -0.2) is 21.1 Å². The lowest BCUT2D eigenvalue weighted by atomic mass is 10.1. The highest BCUT2D eigenvalue weighted by Crippen LogP contribution is 2.14. The first kappa shape index (κ1) is 12.5. The van der Waals surface area contributed by atoms with Gasteiger partial charge in [0.1, 0.15) is 0 Å². The molecule has 1 amide bonds. The summed E-state index contributed by atoms with van der Waals surface area (Å²) in [7, 11) is 0. The van der Waals surface area contributed by atoms with Gasteiger partial charge in [-0.05, 0) is 36.4 Å². The van der Waals surface area contributed by atoms with Crippen molar-refractivity contribution in [2.75, 3.05) is 5.32 Å². The number of rotatable bonds is 2. The molecular weight excluding hydrogens is 276 g/mol. The molecule has 98 valence electrons. The Hall–Kier alpha value is -2.53. The van der Waals surface area contributed by atoms with E-state index in [4.69, 9.17) is 11.6 Å². The molecule has 20 heavy (non-hydrogen) atoms. The molecule has 5 nitrogen and oxygen atoms in total. The van der Waals surface area contributed by atoms with E-state index in [9.17, 15) is 4.79 Å². The van der Waals surface area contributed by atoms with Crippen molar-refractivity contribution in [2.24, 2.45) is 0 Å². The minimum absolute atomic E-state index is 0.257. The van der Waals surface area contributed by atoms with Crippen molar-refractivity contribution < 1.29 is 4.79 Å². The highest BCUT2D eigenvalue weighted by Gasteiger charge is 2.08. The Morgan fingerprint density at radius 1 is 1.10 bits per heavy atom. The van der Waals surface area contributed by atoms with Crippen LogP contribution in [-0.2, 0) is 0 Å². The van der Waals surface area contributed by atoms with E-state index in [1.54, 1.807) is 36.5 Å². The molecule has 0 unspecified atom stereocenters. The average Bonchev–Trinajstić information content (AvgIpc) is 2.49. The van der Waals surface area contributed by atoms with Gasteiger partial charge in [0.2, 0.25) is 0 Å². The summed E-state index contributed by atoms with van der Waals surface area (Å²) in [5.74, 6) is 0.0954. The predicted octanol–water partition coefficient (Wildman–Crippen LogP) is 2.93. The van der Waals surface area contributed by atoms with Crippen LogP contribution >= 0.6 is 11.6 Å². The second-order valence-electron chi connectivity index (χ2n) is 4.11. The van der Waals surface area contributed by atoms with Gasteiger partial charge in [-0.1, -0.05) is 17.7 Å². The van der Waals surface area contributed by atoms with Gasteiger partial charge < -0.3 is 5.32 Å². The molecule has 0 radical (unpaired) electrons. The summed E-state index contributed by atoms with van der Waals surface area (Å²) in [6, 6.07) is 12.2. The van der Waals surface area contributed by atoms with E-state index in [2.05, 4.69) is 20.5 Å². The number of halogens is 1. The summed E-state index contributed by atoms with van der Waals surface area (Å²) in [5, 5.41) is 11.3. The Labute approximate surface area is 119 Å². The predicted molar refractivity (Wildman–Crippen MR) is 76.7 cm³/mol. The third-order valence-corrected chi connectivity index (χ3v) is 2.94. The number of nitrogens with one attached hydrogen (secondary N) is 1. The number of hydrogen-bond acceptors (Lipinski definition) is 4. The Morgan fingerprint density at radius 2 is 2.00 bits per heavy atom. The SMILES string of the molecule is O=C(Nc1ccc(Cl)nn1)c1ccc2ncccc2c1. The highest BCUT2D eigenvalue weighted by atomic mass is 35.5. The largest absolute Gasteiger partial charge is 0.305 e. The van der Waals surface area contributed by atoms with Gasteiger partial charge in [0.25, 0.3) is 5.91 Å². The number of benzene rings is 1. The average molecular weight is 285 g/mol. The van der Waals surface area contributed by atoms with Crippen LogP contribution in [0.5, 0.6) is 0 Å². The number of fused-ring (bicyclic) bond motifs is 1. The van der Waals surface area contributed by atoms with Gasteiger partial charge in [-0.2, -0.15) is 0 Å². The number of amides is 1. The zero-order valence-electron chi connectivity index (χ0n) is 10.2. The van der Waals surface area contributed by atoms with Crippen LogP contribution in [0.25, 0.3) is 10.9 Å². The number of aromatic nitrogens is 3. The quantitative estimate of drug-likeness (QED) is 0.785. The summed E-state index contributed by atoms with van der Waals surface area (Å²) in [5.41, 5.74) is 1.37. The van der Waals surface area contributed by atoms with Crippen LogP contribution in [0.15, 0.2) is 48.7 Å². The molecule has 1 N–H and O–H groups in total. The number of hydrogen-bond donors (Lipinski definition) is 1. The van der Waals surface area contributed by atoms with Crippen molar-refractivity contribution in [1.82, 2.24) is 15.2 Å². The lowest BCUT2D eigenvalue weighted by molar-refractivity contribution is 0.102. The van der Waals surface area contributed by atoms with E-state index in [1.807, 2.05) is 12.1 Å². The maximum absolute atomic E-state index is 12.1. The molecule has 2 heterocycles. The van der Waals surface area contributed by atoms with E-state index in [0.717, 1.165) is 10.9 Å². The molecule has 0 saturated carbocycles. The maximum Gasteiger partial charge on any atom is 0.256 e. The lowest BCUT2D eigenvalue weighted by Gasteiger charge is -2.04. The second kappa shape index (κ2) is 5.22. The third kappa shape index (κ3) is 2.57. The Morgan fingerprint density at radius 3 is 2.80 bits per heavy atom. The smallest absolute Gasteiger partial charge is 0.256 e. The molecule has 0 aliphatic heterocycles. The number of anilines is 1. The molecule has 0 atom stereocenters. The molecule has 0 fully saturated rings. The Kier molecular flexibility index (Phi) is 3.26. The minimum Gasteiger partial charge on any atom is -0.305 e. The molecule has 0 bridgehead atoms. The molecule has 3 rings (SSSR count). The summed E-state index contributed by atoms with van der Waals surface area (Å²) in [6.07, 6.45) is 1.71. The first-order chi connectivity index (χ1) is 9.72. The van der Waals surface area contributed by atoms with Crippen LogP contribution in [0.2, 0.25) is 5.15 Å². The number of pyridine rings is 1. The first-order valence-corrected chi connectivity index (χ1v) is 6.25. The summed E-state index contributed by atoms with van der Waals surface area (Å²) >= 11 is 5.64. The number of nitrogens with zero attached hydrogens (tertiary/aromatic N) is 3. The molecule has 0 saturated heterocycles. The lowest BCUT2D eigenvalue weighted by Crippen LogP contribution is -2.13. The van der Waals surface area contributed by atoms with Crippen LogP contribution in [0.4, 0.5) is 5.82 Å². The molecule has 0 spiro atoms. The first-order valence-electron chi connectivity index (χ1n) is 5.88. The van der Waals surface area contributed by atoms with Gasteiger partial charge in [0.05, 0.1) is 5.52 Å². The van der Waals surface area contributed by atoms with Crippen molar-refractivity contribution in [1.29, 1.82) is 0 Å². The van der Waals surface area contributed by atoms with E-state index >= 15 is 0 Å². The van der Waals surface area contributed by atoms with Crippen LogP contribution < -0.4 is 5.32 Å². The van der Waals surface area contributed by atoms with Gasteiger partial charge in [-0.25, -0.2) is 0 Å². The molecule has 1 aromatic carbocycles. The zero-order chi connectivity index (χ0) is 13.9. The van der Waals surface area contributed by atoms with Gasteiger partial charge in [-0.3, -0.25) is 9.78 Å². The zero-order valence-corrected chi connectivity index (χ0v) is 11.0. The number of carbonyl (C=O) groups is 1. The van der Waals surface area contributed by atoms with Gasteiger partial charge in [0.15, 0.2) is 11.0 Å². The third-order valence-electron chi connectivity index (χ3n) is 2.74. The van der Waals surface area contributed by atoms with E-state index in [-0.39, 0.29) is 11.1 Å². The van der Waals surface area contributed by atoms with Crippen LogP contribution in [0, 0.1) is 0 Å². The number of carbonyl (C=O) groups excluding carboxylic acids is 1. The van der Waals surface area contributed by atoms with Crippen molar-refractivity contribution >= 4 is 34.2 Å². The van der Waals surface area contributed by atoms with Crippen LogP contribution in [0.1, 0.15) is 10.4 Å². The summed E-state index contributed by atoms with van der Waals surface area (Å²) in [6.45, 7) is 0. The van der Waals surface area contributed by atoms with Crippen molar-refractivity contribution in [3.63, 3.8) is 0 Å². The molecule has 2 aromatic heterocycles. The van der Waals surface area contributed by atoms with E-state index in [0.29, 0.717) is 11.4 Å². The fraction of sp³-hybridized carbons (Fsp3) is 0. The van der Waals surface area contributed by atoms with Gasteiger partial charge >= 0.3 is 0 Å². The second-order valence-corrected chi connectivity index (χ2v) is 4.49. The van der Waals surface area contributed by atoms with Gasteiger partial charge in [-0.15, -0.1) is 10.2 Å². The molecule has 0 aliphatic carbocycles. The monoisotopic (exact) mass is 284 g/mol. The van der Waals surface area contributed by atoms with Gasteiger partial charge in [0, 0.05) is 17.1 Å². The summed E-state index contributed by atoms with van der Waals surface area (Å²) in [4.78, 5) is 16.3. The van der Waals surface area contributed by atoms with E-state index in [1.165, 1.54) is 0 Å². The molecule has 3 aromatic rings. The Balaban J connectivity index is 1.86. The van der Waals surface area contributed by atoms with Crippen LogP contribution in [0.3, 0.4) is 0 Å². The maximum atomic E-state index is 12.1. The van der Waals surface area contributed by atoms with Crippen molar-refractivity contribution in [3.05, 3.63) is 59.4 Å². The Bertz CT molecular complexity index is 773. The normalized spacial score (nSPS) is 10.4. The fourth-order valence-corrected chi connectivity index (χ4v) is 1.89. The molecular formula is C14H9ClN4O. The standard InChI is InChI=1S/C14H9ClN4O/c15-12-5-6-13(19-18-12)17-14(20)10-3-4-11-9(8-10)2-1-7-16-11/h1-8H,(H,17,19,20). The minimum atomic E-state index is -0.257. The highest BCUT2D eigenvalue weighted by molar-refractivity contribution is 6.29. The van der Waals surface area contributed by atoms with Crippen molar-refractivity contribution in [3.8, 4) is 0 Å². The molecule has 0 aliphatic rings.